The first-order valence-electron chi connectivity index (χ1n) is 38.2. The Morgan fingerprint density at radius 2 is 0.237 bits per heavy atom. The second-order valence-electron chi connectivity index (χ2n) is 26.4. The predicted octanol–water partition coefficient (Wildman–Crippen LogP) is 20.4. The molecule has 0 aromatic rings. The summed E-state index contributed by atoms with van der Waals surface area (Å²) in [4.78, 5) is 3.56. The van der Waals surface area contributed by atoms with Crippen LogP contribution in [-0.2, 0) is 0 Å². The highest BCUT2D eigenvalue weighted by Gasteiger charge is 2.05. The van der Waals surface area contributed by atoms with Crippen molar-refractivity contribution in [3.63, 3.8) is 0 Å². The normalized spacial score (nSPS) is 11.3. The molecule has 0 fully saturated rings. The van der Waals surface area contributed by atoms with Crippen LogP contribution in [0.4, 0.5) is 0 Å². The fourth-order valence-corrected chi connectivity index (χ4v) is 12.1. The molecule has 488 valence electrons. The van der Waals surface area contributed by atoms with Crippen LogP contribution in [0.2, 0.25) is 0 Å². The van der Waals surface area contributed by atoms with Gasteiger partial charge in [-0.05, 0) is 51.4 Å². The first-order chi connectivity index (χ1) is 39.0. The van der Waals surface area contributed by atoms with Crippen molar-refractivity contribution in [2.45, 2.75) is 446 Å². The molecule has 0 aliphatic heterocycles. The zero-order valence-corrected chi connectivity index (χ0v) is 58.3. The van der Waals surface area contributed by atoms with Gasteiger partial charge in [-0.15, -0.1) is 6.61 Å². The molecule has 0 unspecified atom stereocenters. The molecule has 0 aliphatic carbocycles. The van der Waals surface area contributed by atoms with Crippen molar-refractivity contribution in [2.75, 3.05) is 46.9 Å². The van der Waals surface area contributed by atoms with E-state index in [0.717, 1.165) is 0 Å². The summed E-state index contributed by atoms with van der Waals surface area (Å²) in [7, 11) is 4.85. The number of hydrogen-bond acceptors (Lipinski definition) is 1. The van der Waals surface area contributed by atoms with E-state index in [1.165, 1.54) is 437 Å². The van der Waals surface area contributed by atoms with Crippen LogP contribution < -0.4 is 27.3 Å². The van der Waals surface area contributed by atoms with Crippen LogP contribution in [0.25, 0.3) is 0 Å². The molecule has 80 heavy (non-hydrogen) atoms. The Hall–Kier alpha value is 0.170. The molecular formula is C76H161ClN2O. The van der Waals surface area contributed by atoms with E-state index in [4.69, 9.17) is 5.11 Å². The van der Waals surface area contributed by atoms with Gasteiger partial charge in [-0.2, -0.15) is 0 Å². The van der Waals surface area contributed by atoms with E-state index in [2.05, 4.69) is 41.8 Å². The number of nitrogens with one attached hydrogen (secondary N) is 2. The lowest BCUT2D eigenvalue weighted by molar-refractivity contribution is -0.880. The van der Waals surface area contributed by atoms with Crippen molar-refractivity contribution in [2.24, 2.45) is 0 Å². The quantitative estimate of drug-likeness (QED) is 0.0585. The van der Waals surface area contributed by atoms with Gasteiger partial charge >= 0.3 is 0 Å². The van der Waals surface area contributed by atoms with Gasteiger partial charge in [0.1, 0.15) is 0 Å². The van der Waals surface area contributed by atoms with E-state index in [1.54, 1.807) is 16.7 Å². The second kappa shape index (κ2) is 85.6. The smallest absolute Gasteiger partial charge is 0.0768 e. The highest BCUT2D eigenvalue weighted by Crippen LogP contribution is 2.18. The van der Waals surface area contributed by atoms with Gasteiger partial charge in [-0.25, -0.2) is 0 Å². The molecule has 3 nitrogen and oxygen atoms in total. The van der Waals surface area contributed by atoms with Gasteiger partial charge in [0.25, 0.3) is 0 Å². The summed E-state index contributed by atoms with van der Waals surface area (Å²) < 4.78 is 0. The molecule has 2 N–H and O–H groups in total. The molecule has 0 amide bonds. The summed E-state index contributed by atoms with van der Waals surface area (Å²) in [6.07, 6.45) is 94.1. The van der Waals surface area contributed by atoms with Crippen molar-refractivity contribution in [1.82, 2.24) is 0 Å². The molecule has 0 bridgehead atoms. The van der Waals surface area contributed by atoms with Crippen LogP contribution in [0, 0.1) is 0 Å². The monoisotopic (exact) mass is 1150 g/mol. The largest absolute Gasteiger partial charge is 1.00 e. The van der Waals surface area contributed by atoms with Gasteiger partial charge in [-0.1, -0.05) is 394 Å². The number of hydrogen-bond donors (Lipinski definition) is 2. The molecule has 0 spiro atoms. The number of quaternary nitrogens is 2. The molecule has 0 saturated heterocycles. The van der Waals surface area contributed by atoms with Crippen LogP contribution in [0.3, 0.4) is 0 Å². The molecular weight excluding hydrogens is 992 g/mol. The number of unbranched alkanes of at least 4 members (excludes halogenated alkanes) is 60. The zero-order valence-electron chi connectivity index (χ0n) is 57.6. The lowest BCUT2D eigenvalue weighted by Gasteiger charge is -2.13. The maximum atomic E-state index is 8.93. The third-order valence-electron chi connectivity index (χ3n) is 17.8. The van der Waals surface area contributed by atoms with Crippen molar-refractivity contribution in [1.29, 1.82) is 0 Å². The summed E-state index contributed by atoms with van der Waals surface area (Å²) in [5.74, 6) is 0. The molecule has 0 aromatic carbocycles. The minimum absolute atomic E-state index is 0. The molecule has 4 heteroatoms. The van der Waals surface area contributed by atoms with Crippen molar-refractivity contribution in [3.05, 3.63) is 0 Å². The lowest BCUT2D eigenvalue weighted by Crippen LogP contribution is -3.09. The topological polar surface area (TPSA) is 31.9 Å². The van der Waals surface area contributed by atoms with Crippen LogP contribution in [0.5, 0.6) is 0 Å². The maximum absolute atomic E-state index is 8.93. The van der Waals surface area contributed by atoms with Crippen molar-refractivity contribution in [3.8, 4) is 0 Å². The summed E-state index contributed by atoms with van der Waals surface area (Å²) in [5.41, 5.74) is 0. The lowest BCUT2D eigenvalue weighted by atomic mass is 10.0. The standard InChI is InChI=1S/2C37H77N.C2H5O.ClH/c2*1-4-6-8-10-12-14-16-18-20-22-24-26-28-30-32-34-36-38(3)37-35-33-31-29-27-25-23-21-19-17-15-13-11-9-7-5-2;1-2-3;/h2*4-37H2,1-3H3;2H2,1H3;1H/q;;-1;/p+1. The van der Waals surface area contributed by atoms with E-state index in [0.29, 0.717) is 0 Å². The van der Waals surface area contributed by atoms with E-state index >= 15 is 0 Å². The van der Waals surface area contributed by atoms with Crippen LogP contribution in [0.15, 0.2) is 0 Å². The fraction of sp³-hybridized carbons (Fsp3) is 1.00. The first kappa shape index (κ1) is 86.6. The third kappa shape index (κ3) is 89.4. The Bertz CT molecular complexity index is 817. The Balaban J connectivity index is -0.000000679. The SMILES string of the molecule is CCCCCCCCCCCCCCCCCC[NH+](C)CCCCCCCCCCCCCCCCCC.CCCCCCCCCCCCCCCCCC[NH+](C)CCCCCCCCCCCCCCCCCC.CC[O-].[Cl-]. The molecule has 0 saturated carbocycles. The average Bonchev–Trinajstić information content (AvgIpc) is 3.45. The van der Waals surface area contributed by atoms with Crippen molar-refractivity contribution >= 4 is 0 Å². The first-order valence-corrected chi connectivity index (χ1v) is 38.2. The molecule has 0 atom stereocenters. The Morgan fingerprint density at radius 3 is 0.325 bits per heavy atom. The minimum atomic E-state index is 0. The number of rotatable bonds is 68. The van der Waals surface area contributed by atoms with Crippen LogP contribution >= 0.6 is 0 Å². The zero-order chi connectivity index (χ0) is 57.9. The summed E-state index contributed by atoms with van der Waals surface area (Å²) >= 11 is 0. The van der Waals surface area contributed by atoms with Gasteiger partial charge in [0.05, 0.1) is 40.3 Å². The average molecular weight is 1150 g/mol. The highest BCUT2D eigenvalue weighted by atomic mass is 35.5. The van der Waals surface area contributed by atoms with Crippen molar-refractivity contribution < 1.29 is 27.3 Å². The van der Waals surface area contributed by atoms with Gasteiger partial charge in [0.2, 0.25) is 0 Å². The maximum Gasteiger partial charge on any atom is 0.0768 e. The van der Waals surface area contributed by atoms with Gasteiger partial charge in [0.15, 0.2) is 0 Å². The van der Waals surface area contributed by atoms with E-state index < -0.39 is 0 Å². The molecule has 0 aliphatic rings. The molecule has 0 heterocycles. The van der Waals surface area contributed by atoms with E-state index in [-0.39, 0.29) is 19.0 Å². The molecule has 0 rings (SSSR count). The van der Waals surface area contributed by atoms with E-state index in [9.17, 15) is 0 Å². The summed E-state index contributed by atoms with van der Waals surface area (Å²) in [6.45, 7) is 16.4. The van der Waals surface area contributed by atoms with Gasteiger partial charge in [-0.3, -0.25) is 0 Å². The highest BCUT2D eigenvalue weighted by molar-refractivity contribution is 4.55. The number of halogens is 1. The van der Waals surface area contributed by atoms with Crippen LogP contribution in [0.1, 0.15) is 446 Å². The van der Waals surface area contributed by atoms with E-state index in [1.807, 2.05) is 0 Å². The molecule has 0 radical (unpaired) electrons. The summed E-state index contributed by atoms with van der Waals surface area (Å²) in [6, 6.07) is 0. The summed E-state index contributed by atoms with van der Waals surface area (Å²) in [5, 5.41) is 8.93. The molecule has 0 aromatic heterocycles. The minimum Gasteiger partial charge on any atom is -1.00 e. The Kier molecular flexibility index (Phi) is 92.7. The van der Waals surface area contributed by atoms with Crippen LogP contribution in [-0.4, -0.2) is 46.9 Å². The second-order valence-corrected chi connectivity index (χ2v) is 26.4. The third-order valence-corrected chi connectivity index (χ3v) is 17.8. The van der Waals surface area contributed by atoms with Gasteiger partial charge < -0.3 is 27.3 Å². The predicted molar refractivity (Wildman–Crippen MR) is 362 cm³/mol. The fourth-order valence-electron chi connectivity index (χ4n) is 12.1. The van der Waals surface area contributed by atoms with Gasteiger partial charge in [0, 0.05) is 0 Å². The Morgan fingerprint density at radius 1 is 0.163 bits per heavy atom. The Labute approximate surface area is 517 Å².